The molecule has 1 unspecified atom stereocenters. The van der Waals surface area contributed by atoms with Gasteiger partial charge in [0.15, 0.2) is 11.6 Å². The minimum atomic E-state index is -2.90. The van der Waals surface area contributed by atoms with Gasteiger partial charge in [0.05, 0.1) is 7.11 Å². The second-order valence-electron chi connectivity index (χ2n) is 2.47. The van der Waals surface area contributed by atoms with Crippen LogP contribution in [0.25, 0.3) is 0 Å². The average molecular weight is 218 g/mol. The van der Waals surface area contributed by atoms with Crippen molar-refractivity contribution in [3.8, 4) is 5.75 Å². The van der Waals surface area contributed by atoms with E-state index in [2.05, 4.69) is 4.52 Å². The van der Waals surface area contributed by atoms with Crippen molar-refractivity contribution in [1.82, 2.24) is 0 Å². The molecule has 0 spiro atoms. The second-order valence-corrected chi connectivity index (χ2v) is 3.17. The summed E-state index contributed by atoms with van der Waals surface area (Å²) in [7, 11) is -1.55. The molecule has 1 aromatic rings. The van der Waals surface area contributed by atoms with Crippen molar-refractivity contribution in [3.63, 3.8) is 0 Å². The molecule has 0 aliphatic heterocycles. The van der Waals surface area contributed by atoms with E-state index in [0.29, 0.717) is 5.56 Å². The molecule has 1 rings (SSSR count). The quantitative estimate of drug-likeness (QED) is 0.716. The van der Waals surface area contributed by atoms with E-state index in [0.717, 1.165) is 6.07 Å². The second kappa shape index (κ2) is 5.00. The third-order valence-corrected chi connectivity index (χ3v) is 1.89. The van der Waals surface area contributed by atoms with Crippen LogP contribution in [0.3, 0.4) is 0 Å². The van der Waals surface area contributed by atoms with Crippen LogP contribution in [0, 0.1) is 5.82 Å². The number of methoxy groups -OCH3 is 1. The smallest absolute Gasteiger partial charge is 0.488 e. The fraction of sp³-hybridized carbons (Fsp3) is 0.250. The molecule has 0 bridgehead atoms. The predicted octanol–water partition coefficient (Wildman–Crippen LogP) is 1.37. The van der Waals surface area contributed by atoms with E-state index in [-0.39, 0.29) is 12.4 Å². The van der Waals surface area contributed by atoms with Crippen molar-refractivity contribution in [2.45, 2.75) is 6.61 Å². The van der Waals surface area contributed by atoms with Crippen LogP contribution in [-0.2, 0) is 15.7 Å². The highest BCUT2D eigenvalue weighted by Crippen LogP contribution is 2.20. The van der Waals surface area contributed by atoms with Gasteiger partial charge in [-0.15, -0.1) is 4.52 Å². The largest absolute Gasteiger partial charge is 0.566 e. The molecule has 1 atom stereocenters. The summed E-state index contributed by atoms with van der Waals surface area (Å²) in [5, 5.41) is 0. The number of hydrogen-bond donors (Lipinski definition) is 0. The first-order valence-corrected chi connectivity index (χ1v) is 4.82. The number of rotatable bonds is 4. The topological polar surface area (TPSA) is 58.6 Å². The lowest BCUT2D eigenvalue weighted by molar-refractivity contribution is -0.186. The van der Waals surface area contributed by atoms with E-state index < -0.39 is 14.1 Å². The molecule has 14 heavy (non-hydrogen) atoms. The summed E-state index contributed by atoms with van der Waals surface area (Å²) in [6.45, 7) is -0.167. The fourth-order valence-corrected chi connectivity index (χ4v) is 1.18. The van der Waals surface area contributed by atoms with Gasteiger partial charge in [0.2, 0.25) is 0 Å². The van der Waals surface area contributed by atoms with Gasteiger partial charge in [-0.05, 0) is 22.3 Å². The third-order valence-electron chi connectivity index (χ3n) is 1.55. The van der Waals surface area contributed by atoms with Crippen LogP contribution < -0.4 is 9.63 Å². The minimum absolute atomic E-state index is 0.111. The van der Waals surface area contributed by atoms with Gasteiger partial charge in [-0.2, -0.15) is 0 Å². The molecule has 0 amide bonds. The van der Waals surface area contributed by atoms with Crippen LogP contribution >= 0.6 is 8.25 Å². The Kier molecular flexibility index (Phi) is 3.95. The number of hydrogen-bond acceptors (Lipinski definition) is 4. The number of benzene rings is 1. The maximum Gasteiger partial charge on any atom is 0.488 e. The molecular weight excluding hydrogens is 210 g/mol. The zero-order chi connectivity index (χ0) is 10.6. The fourth-order valence-electron chi connectivity index (χ4n) is 0.927. The van der Waals surface area contributed by atoms with Crippen molar-refractivity contribution < 1.29 is 23.1 Å². The van der Waals surface area contributed by atoms with Gasteiger partial charge >= 0.3 is 8.25 Å². The maximum atomic E-state index is 13.0. The van der Waals surface area contributed by atoms with E-state index >= 15 is 0 Å². The third kappa shape index (κ3) is 3.03. The summed E-state index contributed by atoms with van der Waals surface area (Å²) in [5.41, 5.74) is 0.433. The molecule has 1 aromatic carbocycles. The van der Waals surface area contributed by atoms with E-state index in [9.17, 15) is 13.8 Å². The Labute approximate surface area is 81.2 Å². The van der Waals surface area contributed by atoms with Gasteiger partial charge in [0.25, 0.3) is 0 Å². The first-order valence-electron chi connectivity index (χ1n) is 3.73. The van der Waals surface area contributed by atoms with E-state index in [4.69, 9.17) is 4.74 Å². The SMILES string of the molecule is COc1ccc(CO[P+](=O)[O-])cc1F. The molecule has 0 aliphatic rings. The molecule has 0 aromatic heterocycles. The lowest BCUT2D eigenvalue weighted by Crippen LogP contribution is -1.94. The van der Waals surface area contributed by atoms with Crippen molar-refractivity contribution >= 4 is 8.25 Å². The van der Waals surface area contributed by atoms with Crippen LogP contribution in [0.15, 0.2) is 18.2 Å². The standard InChI is InChI=1S/C8H8FO4P/c1-12-8-3-2-6(4-7(8)9)5-13-14(10)11/h2-4H,5H2,1H3. The number of ether oxygens (including phenoxy) is 1. The first-order chi connectivity index (χ1) is 6.63. The normalized spacial score (nSPS) is 11.2. The monoisotopic (exact) mass is 218 g/mol. The van der Waals surface area contributed by atoms with E-state index in [1.54, 1.807) is 0 Å². The van der Waals surface area contributed by atoms with Gasteiger partial charge in [0.1, 0.15) is 6.61 Å². The average Bonchev–Trinajstić information content (AvgIpc) is 2.15. The zero-order valence-electron chi connectivity index (χ0n) is 7.40. The van der Waals surface area contributed by atoms with Crippen LogP contribution in [0.5, 0.6) is 5.75 Å². The van der Waals surface area contributed by atoms with Crippen molar-refractivity contribution in [1.29, 1.82) is 0 Å². The van der Waals surface area contributed by atoms with Crippen molar-refractivity contribution in [2.24, 2.45) is 0 Å². The van der Waals surface area contributed by atoms with Gasteiger partial charge in [0, 0.05) is 0 Å². The molecule has 0 radical (unpaired) electrons. The molecule has 0 saturated carbocycles. The van der Waals surface area contributed by atoms with E-state index in [1.807, 2.05) is 0 Å². The number of halogens is 1. The van der Waals surface area contributed by atoms with Gasteiger partial charge < -0.3 is 9.63 Å². The summed E-state index contributed by atoms with van der Waals surface area (Å²) in [6, 6.07) is 4.10. The highest BCUT2D eigenvalue weighted by atomic mass is 31.1. The first kappa shape index (κ1) is 11.0. The summed E-state index contributed by atoms with van der Waals surface area (Å²) in [4.78, 5) is 10.1. The van der Waals surface area contributed by atoms with Crippen LogP contribution in [-0.4, -0.2) is 7.11 Å². The Bertz CT molecular complexity index is 342. The van der Waals surface area contributed by atoms with Crippen LogP contribution in [0.4, 0.5) is 4.39 Å². The molecule has 0 aliphatic carbocycles. The van der Waals surface area contributed by atoms with Crippen molar-refractivity contribution in [2.75, 3.05) is 7.11 Å². The molecule has 6 heteroatoms. The lowest BCUT2D eigenvalue weighted by Gasteiger charge is -2.02. The zero-order valence-corrected chi connectivity index (χ0v) is 8.29. The Hall–Kier alpha value is -1.03. The molecule has 0 heterocycles. The maximum absolute atomic E-state index is 13.0. The summed E-state index contributed by atoms with van der Waals surface area (Å²) < 4.78 is 32.1. The Morgan fingerprint density at radius 3 is 2.79 bits per heavy atom. The molecule has 0 fully saturated rings. The van der Waals surface area contributed by atoms with Gasteiger partial charge in [-0.3, -0.25) is 0 Å². The summed E-state index contributed by atoms with van der Waals surface area (Å²) in [5.74, 6) is -0.435. The van der Waals surface area contributed by atoms with Crippen LogP contribution in [0.2, 0.25) is 0 Å². The summed E-state index contributed by atoms with van der Waals surface area (Å²) in [6.07, 6.45) is 0. The Morgan fingerprint density at radius 2 is 2.29 bits per heavy atom. The highest BCUT2D eigenvalue weighted by molar-refractivity contribution is 7.30. The van der Waals surface area contributed by atoms with Gasteiger partial charge in [-0.1, -0.05) is 6.07 Å². The minimum Gasteiger partial charge on any atom is -0.566 e. The van der Waals surface area contributed by atoms with E-state index in [1.165, 1.54) is 19.2 Å². The molecule has 0 N–H and O–H groups in total. The van der Waals surface area contributed by atoms with Crippen molar-refractivity contribution in [3.05, 3.63) is 29.6 Å². The predicted molar refractivity (Wildman–Crippen MR) is 45.3 cm³/mol. The molecule has 4 nitrogen and oxygen atoms in total. The molecular formula is C8H8FO4P. The Balaban J connectivity index is 2.71. The summed E-state index contributed by atoms with van der Waals surface area (Å²) >= 11 is 0. The highest BCUT2D eigenvalue weighted by Gasteiger charge is 2.06. The Morgan fingerprint density at radius 1 is 1.57 bits per heavy atom. The van der Waals surface area contributed by atoms with Gasteiger partial charge in [-0.25, -0.2) is 4.39 Å². The molecule has 76 valence electrons. The molecule has 0 saturated heterocycles. The van der Waals surface area contributed by atoms with Crippen LogP contribution in [0.1, 0.15) is 5.56 Å². The lowest BCUT2D eigenvalue weighted by atomic mass is 10.2.